The van der Waals surface area contributed by atoms with E-state index in [0.29, 0.717) is 12.4 Å². The number of carbonyl (C=O) groups is 2. The maximum absolute atomic E-state index is 11.8. The van der Waals surface area contributed by atoms with Crippen LogP contribution in [0.25, 0.3) is 0 Å². The highest BCUT2D eigenvalue weighted by Crippen LogP contribution is 2.18. The summed E-state index contributed by atoms with van der Waals surface area (Å²) in [7, 11) is 0. The van der Waals surface area contributed by atoms with Gasteiger partial charge in [-0.1, -0.05) is 18.2 Å². The molecule has 0 aliphatic carbocycles. The number of rotatable bonds is 7. The standard InChI is InChI=1S/C17H22N2O4/c1-4-6-7-8-16(20)18-19-17(21)13(3)23-15-11-9-14(10-12-15)22-5-2/h4,6-13H,5H2,1-3H3,(H,18,20)(H,19,21). The summed E-state index contributed by atoms with van der Waals surface area (Å²) in [4.78, 5) is 23.2. The summed E-state index contributed by atoms with van der Waals surface area (Å²) in [6, 6.07) is 6.95. The molecular formula is C17H22N2O4. The predicted molar refractivity (Wildman–Crippen MR) is 87.9 cm³/mol. The van der Waals surface area contributed by atoms with Gasteiger partial charge in [0.1, 0.15) is 11.5 Å². The Labute approximate surface area is 136 Å². The Balaban J connectivity index is 2.42. The minimum Gasteiger partial charge on any atom is -0.494 e. The van der Waals surface area contributed by atoms with Crippen molar-refractivity contribution in [2.24, 2.45) is 0 Å². The van der Waals surface area contributed by atoms with Gasteiger partial charge in [0.2, 0.25) is 0 Å². The highest BCUT2D eigenvalue weighted by atomic mass is 16.5. The van der Waals surface area contributed by atoms with E-state index >= 15 is 0 Å². The Morgan fingerprint density at radius 3 is 2.39 bits per heavy atom. The smallest absolute Gasteiger partial charge is 0.279 e. The molecule has 0 aliphatic heterocycles. The van der Waals surface area contributed by atoms with Crippen molar-refractivity contribution in [3.05, 3.63) is 48.6 Å². The van der Waals surface area contributed by atoms with Crippen molar-refractivity contribution in [3.8, 4) is 11.5 Å². The van der Waals surface area contributed by atoms with Crippen molar-refractivity contribution >= 4 is 11.8 Å². The Morgan fingerprint density at radius 2 is 1.78 bits per heavy atom. The van der Waals surface area contributed by atoms with Gasteiger partial charge in [-0.2, -0.15) is 0 Å². The molecule has 6 heteroatoms. The summed E-state index contributed by atoms with van der Waals surface area (Å²) in [5.41, 5.74) is 4.57. The number of nitrogens with one attached hydrogen (secondary N) is 2. The lowest BCUT2D eigenvalue weighted by atomic mass is 10.3. The number of allylic oxidation sites excluding steroid dienone is 3. The van der Waals surface area contributed by atoms with E-state index in [4.69, 9.17) is 9.47 Å². The van der Waals surface area contributed by atoms with Gasteiger partial charge in [-0.25, -0.2) is 0 Å². The molecule has 1 aromatic carbocycles. The molecule has 0 fully saturated rings. The van der Waals surface area contributed by atoms with Gasteiger partial charge in [0.25, 0.3) is 11.8 Å². The van der Waals surface area contributed by atoms with Crippen LogP contribution in [0.1, 0.15) is 20.8 Å². The van der Waals surface area contributed by atoms with Crippen LogP contribution in [0, 0.1) is 0 Å². The van der Waals surface area contributed by atoms with Gasteiger partial charge in [-0.05, 0) is 45.0 Å². The second kappa shape index (κ2) is 10.0. The summed E-state index contributed by atoms with van der Waals surface area (Å²) in [6.07, 6.45) is 5.61. The Bertz CT molecular complexity index is 564. The van der Waals surface area contributed by atoms with Gasteiger partial charge >= 0.3 is 0 Å². The summed E-state index contributed by atoms with van der Waals surface area (Å²) < 4.78 is 10.8. The highest BCUT2D eigenvalue weighted by molar-refractivity contribution is 5.90. The second-order valence-corrected chi connectivity index (χ2v) is 4.53. The molecule has 0 aromatic heterocycles. The Hall–Kier alpha value is -2.76. The van der Waals surface area contributed by atoms with Gasteiger partial charge in [-0.3, -0.25) is 20.4 Å². The molecule has 0 spiro atoms. The number of ether oxygens (including phenoxy) is 2. The largest absolute Gasteiger partial charge is 0.494 e. The third-order valence-corrected chi connectivity index (χ3v) is 2.68. The summed E-state index contributed by atoms with van der Waals surface area (Å²) in [6.45, 7) is 5.91. The first kappa shape index (κ1) is 18.3. The number of carbonyl (C=O) groups excluding carboxylic acids is 2. The lowest BCUT2D eigenvalue weighted by Crippen LogP contribution is -2.46. The number of benzene rings is 1. The van der Waals surface area contributed by atoms with Crippen LogP contribution in [0.15, 0.2) is 48.6 Å². The normalized spacial score (nSPS) is 12.1. The summed E-state index contributed by atoms with van der Waals surface area (Å²) in [5.74, 6) is 0.393. The molecule has 1 rings (SSSR count). The molecule has 0 bridgehead atoms. The van der Waals surface area contributed by atoms with Crippen LogP contribution < -0.4 is 20.3 Å². The van der Waals surface area contributed by atoms with E-state index in [1.807, 2.05) is 13.8 Å². The predicted octanol–water partition coefficient (Wildman–Crippen LogP) is 2.13. The lowest BCUT2D eigenvalue weighted by molar-refractivity contribution is -0.131. The van der Waals surface area contributed by atoms with E-state index in [0.717, 1.165) is 5.75 Å². The van der Waals surface area contributed by atoms with Crippen molar-refractivity contribution in [2.45, 2.75) is 26.9 Å². The minimum absolute atomic E-state index is 0.426. The maximum Gasteiger partial charge on any atom is 0.279 e. The number of hydrazine groups is 1. The molecule has 0 saturated heterocycles. The van der Waals surface area contributed by atoms with Crippen LogP contribution in [0.3, 0.4) is 0 Å². The van der Waals surface area contributed by atoms with Crippen LogP contribution in [-0.2, 0) is 9.59 Å². The van der Waals surface area contributed by atoms with Crippen molar-refractivity contribution in [1.82, 2.24) is 10.9 Å². The average Bonchev–Trinajstić information content (AvgIpc) is 2.55. The Kier molecular flexibility index (Phi) is 7.99. The van der Waals surface area contributed by atoms with E-state index in [-0.39, 0.29) is 0 Å². The molecule has 1 unspecified atom stereocenters. The molecule has 6 nitrogen and oxygen atoms in total. The van der Waals surface area contributed by atoms with Crippen LogP contribution >= 0.6 is 0 Å². The zero-order valence-electron chi connectivity index (χ0n) is 13.5. The molecule has 1 aromatic rings. The van der Waals surface area contributed by atoms with Crippen molar-refractivity contribution in [2.75, 3.05) is 6.61 Å². The van der Waals surface area contributed by atoms with Crippen molar-refractivity contribution < 1.29 is 19.1 Å². The van der Waals surface area contributed by atoms with Crippen molar-refractivity contribution in [1.29, 1.82) is 0 Å². The van der Waals surface area contributed by atoms with E-state index in [1.54, 1.807) is 49.4 Å². The summed E-state index contributed by atoms with van der Waals surface area (Å²) in [5, 5.41) is 0. The molecular weight excluding hydrogens is 296 g/mol. The Morgan fingerprint density at radius 1 is 1.13 bits per heavy atom. The number of hydrogen-bond donors (Lipinski definition) is 2. The fourth-order valence-electron chi connectivity index (χ4n) is 1.56. The molecule has 0 radical (unpaired) electrons. The van der Waals surface area contributed by atoms with Gasteiger partial charge in [0.05, 0.1) is 6.61 Å². The zero-order valence-corrected chi connectivity index (χ0v) is 13.5. The summed E-state index contributed by atoms with van der Waals surface area (Å²) >= 11 is 0. The quantitative estimate of drug-likeness (QED) is 0.459. The number of amides is 2. The van der Waals surface area contributed by atoms with E-state index in [1.165, 1.54) is 6.08 Å². The monoisotopic (exact) mass is 318 g/mol. The van der Waals surface area contributed by atoms with Gasteiger partial charge in [0.15, 0.2) is 6.10 Å². The van der Waals surface area contributed by atoms with Crippen LogP contribution in [0.5, 0.6) is 11.5 Å². The van der Waals surface area contributed by atoms with Gasteiger partial charge in [-0.15, -0.1) is 0 Å². The van der Waals surface area contributed by atoms with Crippen molar-refractivity contribution in [3.63, 3.8) is 0 Å². The molecule has 0 saturated carbocycles. The zero-order chi connectivity index (χ0) is 17.1. The average molecular weight is 318 g/mol. The van der Waals surface area contributed by atoms with Gasteiger partial charge in [0, 0.05) is 6.08 Å². The maximum atomic E-state index is 11.8. The fraction of sp³-hybridized carbons (Fsp3) is 0.294. The molecule has 1 atom stereocenters. The van der Waals surface area contributed by atoms with Crippen LogP contribution in [0.2, 0.25) is 0 Å². The van der Waals surface area contributed by atoms with E-state index in [2.05, 4.69) is 10.9 Å². The fourth-order valence-corrected chi connectivity index (χ4v) is 1.56. The third-order valence-electron chi connectivity index (χ3n) is 2.68. The second-order valence-electron chi connectivity index (χ2n) is 4.53. The highest BCUT2D eigenvalue weighted by Gasteiger charge is 2.14. The minimum atomic E-state index is -0.757. The number of hydrogen-bond acceptors (Lipinski definition) is 4. The molecule has 2 amide bonds. The first-order valence-electron chi connectivity index (χ1n) is 7.35. The first-order chi connectivity index (χ1) is 11.1. The van der Waals surface area contributed by atoms with Crippen LogP contribution in [0.4, 0.5) is 0 Å². The van der Waals surface area contributed by atoms with E-state index in [9.17, 15) is 9.59 Å². The van der Waals surface area contributed by atoms with E-state index < -0.39 is 17.9 Å². The third kappa shape index (κ3) is 7.17. The van der Waals surface area contributed by atoms with Gasteiger partial charge < -0.3 is 9.47 Å². The lowest BCUT2D eigenvalue weighted by Gasteiger charge is -2.15. The molecule has 0 heterocycles. The molecule has 23 heavy (non-hydrogen) atoms. The van der Waals surface area contributed by atoms with Crippen LogP contribution in [-0.4, -0.2) is 24.5 Å². The molecule has 0 aliphatic rings. The first-order valence-corrected chi connectivity index (χ1v) is 7.35. The topological polar surface area (TPSA) is 76.7 Å². The SMILES string of the molecule is CC=CC=CC(=O)NNC(=O)C(C)Oc1ccc(OCC)cc1. The molecule has 124 valence electrons. The molecule has 2 N–H and O–H groups in total.